The summed E-state index contributed by atoms with van der Waals surface area (Å²) >= 11 is 0. The zero-order valence-electron chi connectivity index (χ0n) is 14.7. The maximum absolute atomic E-state index is 12.9. The SMILES string of the molecule is CCCCCCCc1ccc(CNC(=O)c2ccc(F)nc2N)cc1. The molecule has 3 N–H and O–H groups in total. The number of anilines is 1. The summed E-state index contributed by atoms with van der Waals surface area (Å²) in [4.78, 5) is 15.5. The highest BCUT2D eigenvalue weighted by atomic mass is 19.1. The number of aromatic nitrogens is 1. The smallest absolute Gasteiger partial charge is 0.255 e. The lowest BCUT2D eigenvalue weighted by atomic mass is 10.0. The van der Waals surface area contributed by atoms with Crippen molar-refractivity contribution >= 4 is 11.7 Å². The van der Waals surface area contributed by atoms with E-state index in [2.05, 4.69) is 29.4 Å². The number of unbranched alkanes of at least 4 members (excludes halogenated alkanes) is 4. The molecule has 0 unspecified atom stereocenters. The highest BCUT2D eigenvalue weighted by molar-refractivity contribution is 5.98. The van der Waals surface area contributed by atoms with E-state index in [1.165, 1.54) is 43.7 Å². The molecule has 0 aliphatic heterocycles. The molecule has 134 valence electrons. The zero-order valence-corrected chi connectivity index (χ0v) is 14.7. The standard InChI is InChI=1S/C20H26FN3O/c1-2-3-4-5-6-7-15-8-10-16(11-9-15)14-23-20(25)17-12-13-18(21)24-19(17)22/h8-13H,2-7,14H2,1H3,(H2,22,24)(H,23,25). The first-order valence-electron chi connectivity index (χ1n) is 8.88. The fourth-order valence-electron chi connectivity index (χ4n) is 2.68. The van der Waals surface area contributed by atoms with Gasteiger partial charge in [0.2, 0.25) is 5.95 Å². The largest absolute Gasteiger partial charge is 0.383 e. The number of benzene rings is 1. The summed E-state index contributed by atoms with van der Waals surface area (Å²) in [5.41, 5.74) is 8.09. The summed E-state index contributed by atoms with van der Waals surface area (Å²) in [6, 6.07) is 10.7. The van der Waals surface area contributed by atoms with Crippen LogP contribution in [0.15, 0.2) is 36.4 Å². The van der Waals surface area contributed by atoms with Gasteiger partial charge in [-0.25, -0.2) is 4.98 Å². The molecule has 4 nitrogen and oxygen atoms in total. The van der Waals surface area contributed by atoms with Crippen LogP contribution < -0.4 is 11.1 Å². The summed E-state index contributed by atoms with van der Waals surface area (Å²) in [6.07, 6.45) is 7.47. The first-order valence-corrected chi connectivity index (χ1v) is 8.88. The van der Waals surface area contributed by atoms with Crippen LogP contribution >= 0.6 is 0 Å². The number of carbonyl (C=O) groups excluding carboxylic acids is 1. The van der Waals surface area contributed by atoms with Crippen molar-refractivity contribution in [2.45, 2.75) is 52.0 Å². The lowest BCUT2D eigenvalue weighted by Gasteiger charge is -2.08. The van der Waals surface area contributed by atoms with Gasteiger partial charge in [-0.2, -0.15) is 4.39 Å². The fourth-order valence-corrected chi connectivity index (χ4v) is 2.68. The second-order valence-electron chi connectivity index (χ2n) is 6.23. The molecule has 0 radical (unpaired) electrons. The van der Waals surface area contributed by atoms with Crippen molar-refractivity contribution in [3.05, 3.63) is 59.0 Å². The number of nitrogen functional groups attached to an aromatic ring is 1. The van der Waals surface area contributed by atoms with E-state index in [4.69, 9.17) is 5.73 Å². The van der Waals surface area contributed by atoms with Crippen molar-refractivity contribution < 1.29 is 9.18 Å². The highest BCUT2D eigenvalue weighted by Gasteiger charge is 2.11. The molecule has 1 aromatic heterocycles. The second kappa shape index (κ2) is 9.77. The van der Waals surface area contributed by atoms with E-state index in [0.29, 0.717) is 6.54 Å². The van der Waals surface area contributed by atoms with Crippen LogP contribution in [0.25, 0.3) is 0 Å². The molecular formula is C20H26FN3O. The molecule has 1 heterocycles. The summed E-state index contributed by atoms with van der Waals surface area (Å²) < 4.78 is 12.9. The lowest BCUT2D eigenvalue weighted by Crippen LogP contribution is -2.24. The van der Waals surface area contributed by atoms with Gasteiger partial charge < -0.3 is 11.1 Å². The molecule has 25 heavy (non-hydrogen) atoms. The topological polar surface area (TPSA) is 68.0 Å². The van der Waals surface area contributed by atoms with E-state index in [0.717, 1.165) is 18.1 Å². The Bertz CT molecular complexity index is 686. The van der Waals surface area contributed by atoms with E-state index >= 15 is 0 Å². The number of hydrogen-bond donors (Lipinski definition) is 2. The molecule has 0 bridgehead atoms. The van der Waals surface area contributed by atoms with Crippen molar-refractivity contribution in [3.63, 3.8) is 0 Å². The molecular weight excluding hydrogens is 317 g/mol. The number of halogens is 1. The van der Waals surface area contributed by atoms with Gasteiger partial charge in [-0.3, -0.25) is 4.79 Å². The summed E-state index contributed by atoms with van der Waals surface area (Å²) in [6.45, 7) is 2.62. The van der Waals surface area contributed by atoms with Crippen LogP contribution in [0.3, 0.4) is 0 Å². The Balaban J connectivity index is 1.80. The predicted octanol–water partition coefficient (Wildman–Crippen LogP) is 4.25. The zero-order chi connectivity index (χ0) is 18.1. The second-order valence-corrected chi connectivity index (χ2v) is 6.23. The molecule has 1 amide bonds. The van der Waals surface area contributed by atoms with Crippen LogP contribution in [0.4, 0.5) is 10.2 Å². The Kier molecular flexibility index (Phi) is 7.38. The van der Waals surface area contributed by atoms with Gasteiger partial charge in [-0.15, -0.1) is 0 Å². The van der Waals surface area contributed by atoms with Gasteiger partial charge >= 0.3 is 0 Å². The van der Waals surface area contributed by atoms with Crippen LogP contribution in [0.2, 0.25) is 0 Å². The van der Waals surface area contributed by atoms with Crippen LogP contribution in [0, 0.1) is 5.95 Å². The van der Waals surface area contributed by atoms with E-state index in [1.54, 1.807) is 0 Å². The summed E-state index contributed by atoms with van der Waals surface area (Å²) in [5, 5.41) is 2.78. The van der Waals surface area contributed by atoms with Crippen LogP contribution in [-0.4, -0.2) is 10.9 Å². The molecule has 2 rings (SSSR count). The number of rotatable bonds is 9. The summed E-state index contributed by atoms with van der Waals surface area (Å²) in [5.74, 6) is -1.15. The molecule has 0 saturated carbocycles. The van der Waals surface area contributed by atoms with Gasteiger partial charge in [-0.05, 0) is 36.1 Å². The molecule has 5 heteroatoms. The first-order chi connectivity index (χ1) is 12.1. The average molecular weight is 343 g/mol. The lowest BCUT2D eigenvalue weighted by molar-refractivity contribution is 0.0951. The molecule has 1 aromatic carbocycles. The highest BCUT2D eigenvalue weighted by Crippen LogP contribution is 2.12. The van der Waals surface area contributed by atoms with E-state index in [-0.39, 0.29) is 17.3 Å². The minimum Gasteiger partial charge on any atom is -0.383 e. The van der Waals surface area contributed by atoms with Gasteiger partial charge in [0.1, 0.15) is 5.82 Å². The Hall–Kier alpha value is -2.43. The molecule has 2 aromatic rings. The van der Waals surface area contributed by atoms with Gasteiger partial charge in [0.05, 0.1) is 5.56 Å². The van der Waals surface area contributed by atoms with Crippen LogP contribution in [-0.2, 0) is 13.0 Å². The fraction of sp³-hybridized carbons (Fsp3) is 0.400. The number of pyridine rings is 1. The minimum absolute atomic E-state index is 0.101. The molecule has 0 spiro atoms. The maximum atomic E-state index is 12.9. The Morgan fingerprint density at radius 1 is 1.04 bits per heavy atom. The molecule has 0 saturated heterocycles. The number of amides is 1. The van der Waals surface area contributed by atoms with Crippen LogP contribution in [0.1, 0.15) is 60.5 Å². The number of nitrogens with two attached hydrogens (primary N) is 1. The molecule has 0 fully saturated rings. The van der Waals surface area contributed by atoms with Gasteiger partial charge in [0.25, 0.3) is 5.91 Å². The monoisotopic (exact) mass is 343 g/mol. The third-order valence-electron chi connectivity index (χ3n) is 4.18. The average Bonchev–Trinajstić information content (AvgIpc) is 2.60. The molecule has 0 atom stereocenters. The minimum atomic E-state index is -0.695. The van der Waals surface area contributed by atoms with Crippen molar-refractivity contribution in [3.8, 4) is 0 Å². The van der Waals surface area contributed by atoms with Crippen molar-refractivity contribution in [2.75, 3.05) is 5.73 Å². The first kappa shape index (κ1) is 18.9. The normalized spacial score (nSPS) is 10.6. The Morgan fingerprint density at radius 2 is 1.72 bits per heavy atom. The van der Waals surface area contributed by atoms with Crippen molar-refractivity contribution in [2.24, 2.45) is 0 Å². The third kappa shape index (κ3) is 6.18. The Labute approximate surface area is 148 Å². The number of hydrogen-bond acceptors (Lipinski definition) is 3. The Morgan fingerprint density at radius 3 is 2.40 bits per heavy atom. The van der Waals surface area contributed by atoms with E-state index in [1.807, 2.05) is 12.1 Å². The van der Waals surface area contributed by atoms with Gasteiger partial charge in [0, 0.05) is 6.54 Å². The van der Waals surface area contributed by atoms with Crippen LogP contribution in [0.5, 0.6) is 0 Å². The molecule has 0 aliphatic rings. The number of nitrogens with one attached hydrogen (secondary N) is 1. The van der Waals surface area contributed by atoms with E-state index in [9.17, 15) is 9.18 Å². The van der Waals surface area contributed by atoms with Crippen molar-refractivity contribution in [1.29, 1.82) is 0 Å². The molecule has 0 aliphatic carbocycles. The third-order valence-corrected chi connectivity index (χ3v) is 4.18. The summed E-state index contributed by atoms with van der Waals surface area (Å²) in [7, 11) is 0. The number of aryl methyl sites for hydroxylation is 1. The van der Waals surface area contributed by atoms with Gasteiger partial charge in [0.15, 0.2) is 0 Å². The number of carbonyl (C=O) groups is 1. The van der Waals surface area contributed by atoms with Crippen molar-refractivity contribution in [1.82, 2.24) is 10.3 Å². The van der Waals surface area contributed by atoms with E-state index < -0.39 is 5.95 Å². The predicted molar refractivity (Wildman–Crippen MR) is 98.7 cm³/mol. The quantitative estimate of drug-likeness (QED) is 0.528. The van der Waals surface area contributed by atoms with Gasteiger partial charge in [-0.1, -0.05) is 56.9 Å². The maximum Gasteiger partial charge on any atom is 0.255 e. The number of nitrogens with zero attached hydrogens (tertiary/aromatic N) is 1.